The number of hydrogen-bond acceptors (Lipinski definition) is 12. The van der Waals surface area contributed by atoms with Gasteiger partial charge in [-0.2, -0.15) is 13.2 Å². The Hall–Kier alpha value is -4.86. The predicted octanol–water partition coefficient (Wildman–Crippen LogP) is 5.44. The van der Waals surface area contributed by atoms with Gasteiger partial charge in [0.25, 0.3) is 11.8 Å². The van der Waals surface area contributed by atoms with Gasteiger partial charge in [0.2, 0.25) is 33.4 Å². The van der Waals surface area contributed by atoms with Crippen molar-refractivity contribution in [3.05, 3.63) is 36.0 Å². The van der Waals surface area contributed by atoms with Crippen LogP contribution >= 0.6 is 0 Å². The molecule has 2 saturated carbocycles. The number of carbonyl (C=O) groups is 4. The number of methoxy groups -OCH3 is 1. The number of alkyl carbamates (subject to hydrolysis) is 1. The molecule has 2 aliphatic carbocycles. The molecule has 4 aliphatic rings. The molecule has 1 saturated heterocycles. The van der Waals surface area contributed by atoms with E-state index in [4.69, 9.17) is 18.9 Å². The summed E-state index contributed by atoms with van der Waals surface area (Å²) in [5.41, 5.74) is -5.80. The van der Waals surface area contributed by atoms with Crippen LogP contribution in [-0.2, 0) is 40.1 Å². The predicted molar refractivity (Wildman–Crippen MR) is 220 cm³/mol. The number of aromatic nitrogens is 2. The lowest BCUT2D eigenvalue weighted by Crippen LogP contribution is -2.60. The molecule has 64 heavy (non-hydrogen) atoms. The van der Waals surface area contributed by atoms with E-state index in [9.17, 15) is 44.8 Å². The van der Waals surface area contributed by atoms with E-state index in [1.165, 1.54) is 32.2 Å². The molecule has 2 aromatic rings. The third-order valence-electron chi connectivity index (χ3n) is 12.6. The fraction of sp³-hybridized carbons (Fsp3) is 0.667. The summed E-state index contributed by atoms with van der Waals surface area (Å²) in [4.78, 5) is 66.0. The highest BCUT2D eigenvalue weighted by Crippen LogP contribution is 2.48. The Morgan fingerprint density at radius 2 is 1.75 bits per heavy atom. The maximum Gasteiger partial charge on any atom is 0.438 e. The number of alkyl halides is 5. The summed E-state index contributed by atoms with van der Waals surface area (Å²) >= 11 is 0. The van der Waals surface area contributed by atoms with E-state index < -0.39 is 116 Å². The number of carbonyl (C=O) groups excluding carboxylic acids is 4. The molecule has 0 spiro atoms. The minimum atomic E-state index is -5.08. The van der Waals surface area contributed by atoms with Crippen LogP contribution in [0.3, 0.4) is 0 Å². The molecule has 22 heteroatoms. The lowest BCUT2D eigenvalue weighted by Gasteiger charge is -2.35. The molecular weight excluding hydrogens is 876 g/mol. The second kappa shape index (κ2) is 17.8. The normalized spacial score (nSPS) is 28.1. The largest absolute Gasteiger partial charge is 0.494 e. The van der Waals surface area contributed by atoms with Crippen molar-refractivity contribution in [1.29, 1.82) is 0 Å². The Kier molecular flexibility index (Phi) is 13.5. The van der Waals surface area contributed by atoms with E-state index >= 15 is 4.79 Å². The molecule has 7 atom stereocenters. The quantitative estimate of drug-likeness (QED) is 0.180. The molecule has 2 aliphatic heterocycles. The minimum absolute atomic E-state index is 0.0153. The second-order valence-electron chi connectivity index (χ2n) is 18.1. The van der Waals surface area contributed by atoms with Gasteiger partial charge in [-0.3, -0.25) is 19.1 Å². The second-order valence-corrected chi connectivity index (χ2v) is 20.3. The van der Waals surface area contributed by atoms with E-state index in [-0.39, 0.29) is 48.8 Å². The van der Waals surface area contributed by atoms with Gasteiger partial charge < -0.3 is 34.5 Å². The third-order valence-corrected chi connectivity index (χ3v) is 14.8. The summed E-state index contributed by atoms with van der Waals surface area (Å²) in [5.74, 6) is -8.88. The van der Waals surface area contributed by atoms with Gasteiger partial charge in [-0.25, -0.2) is 32.0 Å². The van der Waals surface area contributed by atoms with Crippen molar-refractivity contribution in [3.63, 3.8) is 0 Å². The monoisotopic (exact) mass is 930 g/mol. The first-order valence-corrected chi connectivity index (χ1v) is 22.6. The van der Waals surface area contributed by atoms with Crippen LogP contribution in [-0.4, -0.2) is 114 Å². The maximum atomic E-state index is 15.0. The highest BCUT2D eigenvalue weighted by molar-refractivity contribution is 7.91. The van der Waals surface area contributed by atoms with E-state index in [1.807, 2.05) is 6.92 Å². The SMILES string of the molecule is CCOc1ccc2nc(C(F)(F)F)c(O[C@@H]3C[C@H]4C(=O)N[C@@]5(C(=O)NS(=O)(=O)C6(C)CC6)C[C@@H]5/C=C\CC[C@@H](C)C[C@@H](COC)[C@H](NC(=O)OC(C)(C)C(C)(F)F)C(=O)N4C3)nc2c1. The van der Waals surface area contributed by atoms with Gasteiger partial charge in [-0.05, 0) is 84.3 Å². The van der Waals surface area contributed by atoms with Gasteiger partial charge in [-0.15, -0.1) is 0 Å². The van der Waals surface area contributed by atoms with Gasteiger partial charge in [0.15, 0.2) is 5.60 Å². The first-order chi connectivity index (χ1) is 29.7. The van der Waals surface area contributed by atoms with Crippen molar-refractivity contribution in [2.75, 3.05) is 26.9 Å². The van der Waals surface area contributed by atoms with Gasteiger partial charge in [0.1, 0.15) is 29.5 Å². The molecule has 354 valence electrons. The van der Waals surface area contributed by atoms with Crippen LogP contribution in [0.15, 0.2) is 30.4 Å². The molecule has 1 aromatic heterocycles. The maximum absolute atomic E-state index is 15.0. The molecule has 4 amide bonds. The summed E-state index contributed by atoms with van der Waals surface area (Å²) in [7, 11) is -2.83. The molecule has 3 fully saturated rings. The molecule has 16 nitrogen and oxygen atoms in total. The molecular formula is C42H55F5N6O10S. The molecule has 0 radical (unpaired) electrons. The third kappa shape index (κ3) is 10.3. The Balaban J connectivity index is 1.42. The number of fused-ring (bicyclic) bond motifs is 3. The van der Waals surface area contributed by atoms with Gasteiger partial charge in [-0.1, -0.05) is 19.1 Å². The van der Waals surface area contributed by atoms with E-state index in [0.717, 1.165) is 18.7 Å². The van der Waals surface area contributed by atoms with Crippen LogP contribution in [0, 0.1) is 17.8 Å². The number of allylic oxidation sites excluding steroid dienone is 1. The zero-order chi connectivity index (χ0) is 47.2. The van der Waals surface area contributed by atoms with E-state index in [0.29, 0.717) is 32.6 Å². The number of amides is 4. The molecule has 1 aromatic carbocycles. The van der Waals surface area contributed by atoms with Gasteiger partial charge >= 0.3 is 12.3 Å². The number of sulfonamides is 1. The number of benzene rings is 1. The standard InChI is InChI=1S/C42H55F5N6O10S/c1-8-61-26-13-14-28-29(18-26)49-34(32(48-28)42(45,46)47)62-27-19-30-33(54)51-41(36(56)52-64(58,59)39(5)15-16-39)20-25(41)12-10-9-11-23(2)17-24(22-60-7)31(35(55)53(30)21-27)50-37(57)63-38(3,4)40(6,43)44/h10,12-14,18,23-25,27,30-31H,8-9,11,15-17,19-22H2,1-7H3,(H,50,57)(H,51,54)(H,52,56)/b12-10-/t23-,24+,25+,27-,30+,31+,41+/m1/s1. The van der Waals surface area contributed by atoms with Crippen molar-refractivity contribution in [3.8, 4) is 11.6 Å². The van der Waals surface area contributed by atoms with Crippen LogP contribution in [0.2, 0.25) is 0 Å². The van der Waals surface area contributed by atoms with Crippen LogP contribution in [0.5, 0.6) is 11.6 Å². The van der Waals surface area contributed by atoms with Crippen molar-refractivity contribution < 1.29 is 68.5 Å². The topological polar surface area (TPSA) is 204 Å². The molecule has 3 N–H and O–H groups in total. The first kappa shape index (κ1) is 48.6. The van der Waals surface area contributed by atoms with Crippen molar-refractivity contribution >= 4 is 44.9 Å². The van der Waals surface area contributed by atoms with Crippen molar-refractivity contribution in [1.82, 2.24) is 30.2 Å². The van der Waals surface area contributed by atoms with Gasteiger partial charge in [0.05, 0.1) is 35.5 Å². The minimum Gasteiger partial charge on any atom is -0.494 e. The average Bonchev–Trinajstić information content (AvgIpc) is 4.07. The molecule has 0 unspecified atom stereocenters. The van der Waals surface area contributed by atoms with Crippen LogP contribution in [0.4, 0.5) is 26.7 Å². The lowest BCUT2D eigenvalue weighted by atomic mass is 9.87. The summed E-state index contributed by atoms with van der Waals surface area (Å²) in [6.45, 7) is 7.09. The van der Waals surface area contributed by atoms with Crippen LogP contribution < -0.4 is 24.8 Å². The summed E-state index contributed by atoms with van der Waals surface area (Å²) in [5, 5.41) is 5.10. The Labute approximate surface area is 367 Å². The van der Waals surface area contributed by atoms with E-state index in [1.54, 1.807) is 19.1 Å². The highest BCUT2D eigenvalue weighted by atomic mass is 32.2. The Morgan fingerprint density at radius 3 is 2.38 bits per heavy atom. The molecule has 6 rings (SSSR count). The zero-order valence-corrected chi connectivity index (χ0v) is 37.5. The number of rotatable bonds is 12. The summed E-state index contributed by atoms with van der Waals surface area (Å²) < 4.78 is 122. The Bertz CT molecular complexity index is 2270. The average molecular weight is 931 g/mol. The number of hydrogen-bond donors (Lipinski definition) is 3. The lowest BCUT2D eigenvalue weighted by molar-refractivity contribution is -0.152. The fourth-order valence-electron chi connectivity index (χ4n) is 7.97. The van der Waals surface area contributed by atoms with Crippen molar-refractivity contribution in [2.45, 2.75) is 133 Å². The smallest absolute Gasteiger partial charge is 0.438 e. The molecule has 3 heterocycles. The first-order valence-electron chi connectivity index (χ1n) is 21.1. The number of halogens is 5. The van der Waals surface area contributed by atoms with Crippen LogP contribution in [0.25, 0.3) is 11.0 Å². The number of ether oxygens (including phenoxy) is 4. The fourth-order valence-corrected chi connectivity index (χ4v) is 9.28. The zero-order valence-electron chi connectivity index (χ0n) is 36.6. The van der Waals surface area contributed by atoms with Crippen LogP contribution in [0.1, 0.15) is 92.2 Å². The van der Waals surface area contributed by atoms with Crippen molar-refractivity contribution in [2.24, 2.45) is 17.8 Å². The number of nitrogens with one attached hydrogen (secondary N) is 3. The Morgan fingerprint density at radius 1 is 1.05 bits per heavy atom. The van der Waals surface area contributed by atoms with Gasteiger partial charge in [0, 0.05) is 38.4 Å². The summed E-state index contributed by atoms with van der Waals surface area (Å²) in [6, 6.07) is 0.854. The number of nitrogens with zero attached hydrogens (tertiary/aromatic N) is 3. The molecule has 0 bridgehead atoms. The van der Waals surface area contributed by atoms with E-state index in [2.05, 4.69) is 25.3 Å². The highest BCUT2D eigenvalue weighted by Gasteiger charge is 2.63. The summed E-state index contributed by atoms with van der Waals surface area (Å²) in [6.07, 6.45) is -3.07.